The molecule has 0 amide bonds. The number of carbonyl (C=O) groups is 2. The Morgan fingerprint density at radius 3 is 0.585 bits per heavy atom. The van der Waals surface area contributed by atoms with E-state index < -0.39 is 11.9 Å². The van der Waals surface area contributed by atoms with Crippen molar-refractivity contribution in [3.8, 4) is 0 Å². The summed E-state index contributed by atoms with van der Waals surface area (Å²) in [7, 11) is 0. The maximum absolute atomic E-state index is 10.4. The van der Waals surface area contributed by atoms with E-state index in [4.69, 9.17) is 10.2 Å². The first-order valence-electron chi connectivity index (χ1n) is 18.5. The molecular weight excluding hydrogens is 508 g/mol. The first kappa shape index (κ1) is 42.1. The van der Waals surface area contributed by atoms with Gasteiger partial charge in [-0.05, 0) is 12.8 Å². The van der Waals surface area contributed by atoms with Crippen LogP contribution in [-0.2, 0) is 9.59 Å². The molecule has 0 saturated heterocycles. The minimum Gasteiger partial charge on any atom is -0.481 e. The largest absolute Gasteiger partial charge is 0.481 e. The van der Waals surface area contributed by atoms with E-state index in [-0.39, 0.29) is 0 Å². The summed E-state index contributed by atoms with van der Waals surface area (Å²) < 4.78 is 0. The predicted molar refractivity (Wildman–Crippen MR) is 179 cm³/mol. The minimum atomic E-state index is -0.669. The Kier molecular flexibility index (Phi) is 40.0. The summed E-state index contributed by atoms with van der Waals surface area (Å²) in [6.07, 6.45) is 41.7. The van der Waals surface area contributed by atoms with Crippen molar-refractivity contribution in [3.05, 3.63) is 0 Å². The molecule has 246 valence electrons. The van der Waals surface area contributed by atoms with Gasteiger partial charge in [-0.15, -0.1) is 0 Å². The third-order valence-electron chi connectivity index (χ3n) is 8.24. The van der Waals surface area contributed by atoms with Gasteiger partial charge in [0.15, 0.2) is 0 Å². The molecule has 0 spiro atoms. The minimum absolute atomic E-state index is 0.326. The number of unbranched alkanes of at least 4 members (excludes halogenated alkanes) is 29. The molecule has 0 rings (SSSR count). The first-order chi connectivity index (χ1) is 20.0. The standard InChI is InChI=1S/C22H42O4.C15H32/c23-21(24)19-17-15-13-11-9-7-5-3-1-2-4-6-8-10-12-14-16-18-20-22(25)26;1-3-5-7-9-11-13-15-14-12-10-8-6-4-2/h1-20H2,(H,23,24)(H,25,26);3-15H2,1-2H3. The van der Waals surface area contributed by atoms with Gasteiger partial charge < -0.3 is 10.2 Å². The maximum Gasteiger partial charge on any atom is 0.303 e. The van der Waals surface area contributed by atoms with Crippen molar-refractivity contribution in [1.29, 1.82) is 0 Å². The zero-order valence-corrected chi connectivity index (χ0v) is 28.0. The zero-order chi connectivity index (χ0) is 30.5. The van der Waals surface area contributed by atoms with Crippen molar-refractivity contribution in [3.63, 3.8) is 0 Å². The molecule has 0 fully saturated rings. The van der Waals surface area contributed by atoms with Crippen LogP contribution in [0.15, 0.2) is 0 Å². The highest BCUT2D eigenvalue weighted by Crippen LogP contribution is 2.15. The van der Waals surface area contributed by atoms with Crippen molar-refractivity contribution in [2.45, 2.75) is 226 Å². The lowest BCUT2D eigenvalue weighted by atomic mass is 10.0. The monoisotopic (exact) mass is 583 g/mol. The third kappa shape index (κ3) is 46.1. The molecule has 0 atom stereocenters. The Hall–Kier alpha value is -1.06. The first-order valence-corrected chi connectivity index (χ1v) is 18.5. The van der Waals surface area contributed by atoms with Crippen molar-refractivity contribution in [1.82, 2.24) is 0 Å². The fourth-order valence-corrected chi connectivity index (χ4v) is 5.47. The number of aliphatic carboxylic acids is 2. The van der Waals surface area contributed by atoms with Gasteiger partial charge in [-0.1, -0.05) is 200 Å². The van der Waals surface area contributed by atoms with Crippen molar-refractivity contribution >= 4 is 11.9 Å². The van der Waals surface area contributed by atoms with Crippen molar-refractivity contribution in [2.24, 2.45) is 0 Å². The number of rotatable bonds is 33. The topological polar surface area (TPSA) is 74.6 Å². The Morgan fingerprint density at radius 1 is 0.293 bits per heavy atom. The van der Waals surface area contributed by atoms with Crippen molar-refractivity contribution in [2.75, 3.05) is 0 Å². The van der Waals surface area contributed by atoms with Crippen LogP contribution in [0.5, 0.6) is 0 Å². The highest BCUT2D eigenvalue weighted by molar-refractivity contribution is 5.66. The van der Waals surface area contributed by atoms with Gasteiger partial charge >= 0.3 is 11.9 Å². The summed E-state index contributed by atoms with van der Waals surface area (Å²) >= 11 is 0. The van der Waals surface area contributed by atoms with Crippen LogP contribution in [0.4, 0.5) is 0 Å². The molecule has 0 aromatic heterocycles. The summed E-state index contributed by atoms with van der Waals surface area (Å²) in [5, 5.41) is 17.1. The third-order valence-corrected chi connectivity index (χ3v) is 8.24. The summed E-state index contributed by atoms with van der Waals surface area (Å²) in [6, 6.07) is 0. The number of hydrogen-bond donors (Lipinski definition) is 2. The molecule has 4 nitrogen and oxygen atoms in total. The van der Waals surface area contributed by atoms with E-state index in [1.165, 1.54) is 173 Å². The molecule has 0 bridgehead atoms. The number of carboxylic acid groups (broad SMARTS) is 2. The van der Waals surface area contributed by atoms with Gasteiger partial charge in [-0.2, -0.15) is 0 Å². The molecule has 0 aliphatic carbocycles. The smallest absolute Gasteiger partial charge is 0.303 e. The fraction of sp³-hybridized carbons (Fsp3) is 0.946. The second kappa shape index (κ2) is 38.9. The summed E-state index contributed by atoms with van der Waals surface area (Å²) in [5.41, 5.74) is 0. The van der Waals surface area contributed by atoms with Crippen LogP contribution in [0.2, 0.25) is 0 Å². The molecule has 0 aromatic rings. The predicted octanol–water partition coefficient (Wildman–Crippen LogP) is 13.1. The average Bonchev–Trinajstić information content (AvgIpc) is 2.95. The van der Waals surface area contributed by atoms with Gasteiger partial charge in [-0.3, -0.25) is 9.59 Å². The van der Waals surface area contributed by atoms with Crippen LogP contribution in [-0.4, -0.2) is 22.2 Å². The molecule has 0 radical (unpaired) electrons. The molecule has 0 aromatic carbocycles. The van der Waals surface area contributed by atoms with Gasteiger partial charge in [-0.25, -0.2) is 0 Å². The normalized spacial score (nSPS) is 10.9. The van der Waals surface area contributed by atoms with Crippen LogP contribution in [0, 0.1) is 0 Å². The van der Waals surface area contributed by atoms with Crippen LogP contribution < -0.4 is 0 Å². The lowest BCUT2D eigenvalue weighted by Gasteiger charge is -2.03. The molecule has 41 heavy (non-hydrogen) atoms. The van der Waals surface area contributed by atoms with Gasteiger partial charge in [0.1, 0.15) is 0 Å². The van der Waals surface area contributed by atoms with E-state index in [2.05, 4.69) is 13.8 Å². The van der Waals surface area contributed by atoms with Crippen LogP contribution in [0.1, 0.15) is 226 Å². The lowest BCUT2D eigenvalue weighted by Crippen LogP contribution is -1.93. The Balaban J connectivity index is 0. The molecular formula is C37H74O4. The summed E-state index contributed by atoms with van der Waals surface area (Å²) in [5.74, 6) is -1.34. The zero-order valence-electron chi connectivity index (χ0n) is 28.0. The highest BCUT2D eigenvalue weighted by Gasteiger charge is 1.98. The maximum atomic E-state index is 10.4. The number of carboxylic acids is 2. The van der Waals surface area contributed by atoms with E-state index in [9.17, 15) is 9.59 Å². The second-order valence-corrected chi connectivity index (χ2v) is 12.5. The Morgan fingerprint density at radius 2 is 0.439 bits per heavy atom. The van der Waals surface area contributed by atoms with E-state index in [1.807, 2.05) is 0 Å². The van der Waals surface area contributed by atoms with E-state index in [0.717, 1.165) is 25.7 Å². The fourth-order valence-electron chi connectivity index (χ4n) is 5.47. The van der Waals surface area contributed by atoms with Gasteiger partial charge in [0.2, 0.25) is 0 Å². The van der Waals surface area contributed by atoms with E-state index in [0.29, 0.717) is 12.8 Å². The average molecular weight is 583 g/mol. The van der Waals surface area contributed by atoms with E-state index in [1.54, 1.807) is 0 Å². The molecule has 4 heteroatoms. The quantitative estimate of drug-likeness (QED) is 0.0755. The molecule has 0 aliphatic heterocycles. The second-order valence-electron chi connectivity index (χ2n) is 12.5. The van der Waals surface area contributed by atoms with Crippen LogP contribution >= 0.6 is 0 Å². The van der Waals surface area contributed by atoms with Crippen molar-refractivity contribution < 1.29 is 19.8 Å². The highest BCUT2D eigenvalue weighted by atomic mass is 16.4. The summed E-state index contributed by atoms with van der Waals surface area (Å²) in [6.45, 7) is 4.58. The Bertz CT molecular complexity index is 461. The van der Waals surface area contributed by atoms with Gasteiger partial charge in [0, 0.05) is 12.8 Å². The molecule has 0 unspecified atom stereocenters. The molecule has 0 heterocycles. The van der Waals surface area contributed by atoms with Gasteiger partial charge in [0.25, 0.3) is 0 Å². The molecule has 0 saturated carbocycles. The lowest BCUT2D eigenvalue weighted by molar-refractivity contribution is -0.138. The van der Waals surface area contributed by atoms with Crippen LogP contribution in [0.25, 0.3) is 0 Å². The van der Waals surface area contributed by atoms with E-state index >= 15 is 0 Å². The SMILES string of the molecule is CCCCCCCCCCCCCCC.O=C(O)CCCCCCCCCCCCCCCCCCCCC(=O)O. The van der Waals surface area contributed by atoms with Gasteiger partial charge in [0.05, 0.1) is 0 Å². The summed E-state index contributed by atoms with van der Waals surface area (Å²) in [4.78, 5) is 20.8. The van der Waals surface area contributed by atoms with Crippen LogP contribution in [0.3, 0.4) is 0 Å². The molecule has 0 aliphatic rings. The number of hydrogen-bond acceptors (Lipinski definition) is 2. The Labute approximate surface area is 257 Å². The molecule has 2 N–H and O–H groups in total.